The van der Waals surface area contributed by atoms with Crippen molar-refractivity contribution in [1.82, 2.24) is 5.32 Å². The summed E-state index contributed by atoms with van der Waals surface area (Å²) in [6, 6.07) is 19.1. The number of carbonyl (C=O) groups is 2. The Balaban J connectivity index is 1.60. The lowest BCUT2D eigenvalue weighted by Crippen LogP contribution is -2.26. The Morgan fingerprint density at radius 2 is 1.55 bits per heavy atom. The van der Waals surface area contributed by atoms with Crippen LogP contribution in [0.15, 0.2) is 60.7 Å². The minimum absolute atomic E-state index is 0.0740. The molecular weight excluding hydrogens is 445 g/mol. The number of carboxylic acids is 1. The summed E-state index contributed by atoms with van der Waals surface area (Å²) in [5, 5.41) is 11.9. The van der Waals surface area contributed by atoms with E-state index in [1.54, 1.807) is 0 Å². The van der Waals surface area contributed by atoms with Crippen molar-refractivity contribution in [3.05, 3.63) is 71.8 Å². The van der Waals surface area contributed by atoms with Crippen molar-refractivity contribution < 1.29 is 33.4 Å². The molecule has 2 atom stereocenters. The summed E-state index contributed by atoms with van der Waals surface area (Å²) in [5.74, 6) is -1.27. The zero-order valence-corrected chi connectivity index (χ0v) is 19.5. The van der Waals surface area contributed by atoms with Crippen LogP contribution >= 0.6 is 7.60 Å². The summed E-state index contributed by atoms with van der Waals surface area (Å²) in [6.45, 7) is 0.467. The number of aliphatic carboxylic acids is 1. The van der Waals surface area contributed by atoms with Gasteiger partial charge in [-0.3, -0.25) is 9.09 Å². The van der Waals surface area contributed by atoms with Crippen LogP contribution in [0.2, 0.25) is 0 Å². The summed E-state index contributed by atoms with van der Waals surface area (Å²) in [4.78, 5) is 33.2. The summed E-state index contributed by atoms with van der Waals surface area (Å²) >= 11 is 0. The van der Waals surface area contributed by atoms with Crippen LogP contribution in [0.25, 0.3) is 0 Å². The highest BCUT2D eigenvalue weighted by molar-refractivity contribution is 7.52. The number of carbonyl (C=O) groups excluding carboxylic acids is 1. The Morgan fingerprint density at radius 1 is 0.909 bits per heavy atom. The van der Waals surface area contributed by atoms with E-state index in [9.17, 15) is 24.2 Å². The van der Waals surface area contributed by atoms with E-state index in [0.717, 1.165) is 17.5 Å². The number of nitrogens with one attached hydrogen (secondary N) is 1. The quantitative estimate of drug-likeness (QED) is 0.250. The molecule has 2 aromatic carbocycles. The second kappa shape index (κ2) is 14.5. The largest absolute Gasteiger partial charge is 0.479 e. The van der Waals surface area contributed by atoms with Gasteiger partial charge in [0.05, 0.1) is 6.16 Å². The van der Waals surface area contributed by atoms with Gasteiger partial charge in [-0.1, -0.05) is 60.7 Å². The topological polar surface area (TPSA) is 122 Å². The van der Waals surface area contributed by atoms with E-state index in [2.05, 4.69) is 5.32 Å². The van der Waals surface area contributed by atoms with Crippen LogP contribution in [0.3, 0.4) is 0 Å². The lowest BCUT2D eigenvalue weighted by molar-refractivity contribution is -0.145. The molecule has 2 aromatic rings. The molecule has 0 bridgehead atoms. The molecule has 0 heterocycles. The molecule has 0 aliphatic rings. The van der Waals surface area contributed by atoms with Crippen LogP contribution in [0, 0.1) is 0 Å². The minimum Gasteiger partial charge on any atom is -0.479 e. The molecule has 0 aliphatic carbocycles. The number of amides is 1. The third-order valence-electron chi connectivity index (χ3n) is 4.94. The third-order valence-corrected chi connectivity index (χ3v) is 6.41. The van der Waals surface area contributed by atoms with Gasteiger partial charge in [0.2, 0.25) is 0 Å². The normalized spacial score (nSPS) is 13.6. The molecule has 1 amide bonds. The van der Waals surface area contributed by atoms with E-state index in [4.69, 9.17) is 9.26 Å². The fourth-order valence-corrected chi connectivity index (χ4v) is 4.50. The first-order chi connectivity index (χ1) is 15.9. The summed E-state index contributed by atoms with van der Waals surface area (Å²) in [6.07, 6.45) is 0.920. The minimum atomic E-state index is -4.00. The summed E-state index contributed by atoms with van der Waals surface area (Å²) in [7, 11) is -4.00. The molecular formula is C24H32NO7P. The molecule has 8 nitrogen and oxygen atoms in total. The predicted molar refractivity (Wildman–Crippen MR) is 125 cm³/mol. The summed E-state index contributed by atoms with van der Waals surface area (Å²) < 4.78 is 22.5. The maximum atomic E-state index is 12.3. The molecule has 9 heteroatoms. The fourth-order valence-electron chi connectivity index (χ4n) is 3.18. The Hall–Kier alpha value is -2.67. The maximum Gasteiger partial charge on any atom is 0.407 e. The van der Waals surface area contributed by atoms with Crippen molar-refractivity contribution in [2.75, 3.05) is 12.7 Å². The van der Waals surface area contributed by atoms with Gasteiger partial charge in [0.1, 0.15) is 6.61 Å². The van der Waals surface area contributed by atoms with Crippen LogP contribution in [0.1, 0.15) is 43.2 Å². The van der Waals surface area contributed by atoms with E-state index < -0.39 is 25.8 Å². The molecule has 0 saturated carbocycles. The zero-order valence-electron chi connectivity index (χ0n) is 18.6. The van der Waals surface area contributed by atoms with Crippen LogP contribution in [0.4, 0.5) is 4.79 Å². The Morgan fingerprint density at radius 3 is 2.18 bits per heavy atom. The average Bonchev–Trinajstić information content (AvgIpc) is 2.81. The molecule has 33 heavy (non-hydrogen) atoms. The van der Waals surface area contributed by atoms with Gasteiger partial charge >= 0.3 is 19.7 Å². The van der Waals surface area contributed by atoms with Gasteiger partial charge in [-0.2, -0.15) is 0 Å². The van der Waals surface area contributed by atoms with E-state index in [-0.39, 0.29) is 19.2 Å². The van der Waals surface area contributed by atoms with Gasteiger partial charge in [-0.15, -0.1) is 0 Å². The lowest BCUT2D eigenvalue weighted by atomic mass is 10.1. The van der Waals surface area contributed by atoms with Crippen LogP contribution < -0.4 is 5.32 Å². The molecule has 0 radical (unpaired) electrons. The number of rotatable bonds is 15. The molecule has 1 unspecified atom stereocenters. The number of aryl methyl sites for hydroxylation is 1. The Labute approximate surface area is 194 Å². The lowest BCUT2D eigenvalue weighted by Gasteiger charge is -2.18. The molecule has 0 aromatic heterocycles. The first-order valence-corrected chi connectivity index (χ1v) is 12.8. The van der Waals surface area contributed by atoms with Crippen LogP contribution in [-0.4, -0.2) is 40.9 Å². The van der Waals surface area contributed by atoms with E-state index in [0.29, 0.717) is 32.2 Å². The van der Waals surface area contributed by atoms with Crippen LogP contribution in [0.5, 0.6) is 0 Å². The number of hydrogen-bond donors (Lipinski definition) is 3. The molecule has 0 aliphatic heterocycles. The average molecular weight is 477 g/mol. The highest BCUT2D eigenvalue weighted by atomic mass is 31.2. The monoisotopic (exact) mass is 477 g/mol. The third kappa shape index (κ3) is 11.7. The molecule has 2 rings (SSSR count). The van der Waals surface area contributed by atoms with Crippen molar-refractivity contribution in [3.63, 3.8) is 0 Å². The Kier molecular flexibility index (Phi) is 11.7. The van der Waals surface area contributed by atoms with E-state index in [1.165, 1.54) is 0 Å². The van der Waals surface area contributed by atoms with Gasteiger partial charge in [0, 0.05) is 6.54 Å². The SMILES string of the molecule is O=C(NCCCC[C@H](OP(=O)(O)CCCCc1ccccc1)C(=O)O)OCc1ccccc1. The zero-order chi connectivity index (χ0) is 23.9. The summed E-state index contributed by atoms with van der Waals surface area (Å²) in [5.41, 5.74) is 2.02. The molecule has 0 fully saturated rings. The van der Waals surface area contributed by atoms with Gasteiger partial charge in [-0.25, -0.2) is 9.59 Å². The Bertz CT molecular complexity index is 892. The highest BCUT2D eigenvalue weighted by Gasteiger charge is 2.28. The van der Waals surface area contributed by atoms with Crippen molar-refractivity contribution in [1.29, 1.82) is 0 Å². The number of hydrogen-bond acceptors (Lipinski definition) is 5. The number of unbranched alkanes of at least 4 members (excludes halogenated alkanes) is 2. The molecule has 0 saturated heterocycles. The number of alkyl carbamates (subject to hydrolysis) is 1. The standard InChI is InChI=1S/C24H32NO7P/c26-23(27)22(32-33(29,30)18-10-8-13-20-11-3-1-4-12-20)16-7-9-17-25-24(28)31-19-21-14-5-2-6-15-21/h1-6,11-12,14-15,22H,7-10,13,16-19H2,(H,25,28)(H,26,27)(H,29,30)/t22-/m0/s1. The number of carboxylic acid groups (broad SMARTS) is 1. The highest BCUT2D eigenvalue weighted by Crippen LogP contribution is 2.45. The van der Waals surface area contributed by atoms with Gasteiger partial charge in [0.25, 0.3) is 0 Å². The molecule has 180 valence electrons. The van der Waals surface area contributed by atoms with Crippen molar-refractivity contribution >= 4 is 19.7 Å². The second-order valence-corrected chi connectivity index (χ2v) is 9.65. The molecule has 0 spiro atoms. The predicted octanol–water partition coefficient (Wildman–Crippen LogP) is 4.76. The van der Waals surface area contributed by atoms with Crippen LogP contribution in [-0.2, 0) is 31.6 Å². The number of benzene rings is 2. The smallest absolute Gasteiger partial charge is 0.407 e. The van der Waals surface area contributed by atoms with Gasteiger partial charge in [0.15, 0.2) is 6.10 Å². The number of ether oxygens (including phenoxy) is 1. The first-order valence-electron chi connectivity index (χ1n) is 11.1. The first kappa shape index (κ1) is 26.6. The van der Waals surface area contributed by atoms with Gasteiger partial charge in [-0.05, 0) is 49.7 Å². The van der Waals surface area contributed by atoms with E-state index in [1.807, 2.05) is 60.7 Å². The second-order valence-electron chi connectivity index (χ2n) is 7.72. The maximum absolute atomic E-state index is 12.3. The van der Waals surface area contributed by atoms with Gasteiger partial charge < -0.3 is 20.1 Å². The van der Waals surface area contributed by atoms with Crippen molar-refractivity contribution in [2.24, 2.45) is 0 Å². The molecule has 3 N–H and O–H groups in total. The van der Waals surface area contributed by atoms with Crippen molar-refractivity contribution in [3.8, 4) is 0 Å². The van der Waals surface area contributed by atoms with Crippen molar-refractivity contribution in [2.45, 2.75) is 51.2 Å². The van der Waals surface area contributed by atoms with E-state index >= 15 is 0 Å². The fraction of sp³-hybridized carbons (Fsp3) is 0.417.